The van der Waals surface area contributed by atoms with Crippen LogP contribution in [-0.2, 0) is 0 Å². The Morgan fingerprint density at radius 2 is 2.50 bits per heavy atom. The molecule has 0 saturated carbocycles. The highest BCUT2D eigenvalue weighted by Crippen LogP contribution is 1.97. The Morgan fingerprint density at radius 3 is 2.50 bits per heavy atom. The van der Waals surface area contributed by atoms with Crippen LogP contribution >= 0.6 is 0 Å². The predicted molar refractivity (Wildman–Crippen MR) is 23.5 cm³/mol. The first kappa shape index (κ1) is 4.09. The van der Waals surface area contributed by atoms with Crippen LogP contribution in [0.15, 0.2) is 0 Å². The van der Waals surface area contributed by atoms with Gasteiger partial charge in [-0.25, -0.2) is 0 Å². The van der Waals surface area contributed by atoms with Crippen LogP contribution in [0.1, 0.15) is 6.42 Å². The normalized spacial score (nSPS) is 32.5. The van der Waals surface area contributed by atoms with Gasteiger partial charge in [-0.3, -0.25) is 0 Å². The summed E-state index contributed by atoms with van der Waals surface area (Å²) in [7, 11) is 0. The van der Waals surface area contributed by atoms with Gasteiger partial charge < -0.3 is 10.4 Å². The minimum Gasteiger partial charge on any atom is -0.395 e. The molecular formula is C4H9NO. The lowest BCUT2D eigenvalue weighted by Gasteiger charge is -2.24. The molecule has 1 unspecified atom stereocenters. The van der Waals surface area contributed by atoms with Gasteiger partial charge in [0.25, 0.3) is 0 Å². The Kier molecular flexibility index (Phi) is 1.08. The summed E-state index contributed by atoms with van der Waals surface area (Å²) in [6.07, 6.45) is 1.15. The average Bonchev–Trinajstić information content (AvgIpc) is 1.31. The Labute approximate surface area is 37.2 Å². The van der Waals surface area contributed by atoms with Crippen molar-refractivity contribution < 1.29 is 5.11 Å². The molecular weight excluding hydrogens is 78.0 g/mol. The van der Waals surface area contributed by atoms with Crippen LogP contribution in [0.3, 0.4) is 0 Å². The molecule has 1 aliphatic rings. The number of rotatable bonds is 1. The Balaban J connectivity index is 2.01. The first-order chi connectivity index (χ1) is 2.93. The topological polar surface area (TPSA) is 32.3 Å². The molecule has 1 heterocycles. The molecule has 6 heavy (non-hydrogen) atoms. The van der Waals surface area contributed by atoms with Crippen LogP contribution in [0.2, 0.25) is 0 Å². The van der Waals surface area contributed by atoms with Gasteiger partial charge in [0.2, 0.25) is 0 Å². The van der Waals surface area contributed by atoms with Crippen LogP contribution in [-0.4, -0.2) is 24.3 Å². The van der Waals surface area contributed by atoms with Gasteiger partial charge in [0.05, 0.1) is 6.61 Å². The zero-order valence-electron chi connectivity index (χ0n) is 3.65. The van der Waals surface area contributed by atoms with Crippen molar-refractivity contribution in [3.05, 3.63) is 0 Å². The highest BCUT2D eigenvalue weighted by Gasteiger charge is 2.13. The molecule has 1 rings (SSSR count). The molecule has 0 bridgehead atoms. The van der Waals surface area contributed by atoms with Crippen molar-refractivity contribution in [3.8, 4) is 0 Å². The van der Waals surface area contributed by atoms with Gasteiger partial charge in [0.15, 0.2) is 0 Å². The molecule has 0 aliphatic carbocycles. The van der Waals surface area contributed by atoms with E-state index in [1.54, 1.807) is 0 Å². The third-order valence-corrected chi connectivity index (χ3v) is 1.15. The number of nitrogens with one attached hydrogen (secondary N) is 1. The maximum Gasteiger partial charge on any atom is 0.0585 e. The first-order valence-electron chi connectivity index (χ1n) is 2.27. The van der Waals surface area contributed by atoms with Gasteiger partial charge in [0, 0.05) is 6.04 Å². The summed E-state index contributed by atoms with van der Waals surface area (Å²) in [4.78, 5) is 0. The number of hydrogen-bond donors (Lipinski definition) is 2. The third-order valence-electron chi connectivity index (χ3n) is 1.15. The highest BCUT2D eigenvalue weighted by molar-refractivity contribution is 4.75. The number of aliphatic hydroxyl groups excluding tert-OH is 1. The lowest BCUT2D eigenvalue weighted by Crippen LogP contribution is -2.45. The zero-order chi connectivity index (χ0) is 4.41. The lowest BCUT2D eigenvalue weighted by molar-refractivity contribution is 0.199. The Hall–Kier alpha value is -0.0800. The summed E-state index contributed by atoms with van der Waals surface area (Å²) < 4.78 is 0. The Morgan fingerprint density at radius 1 is 1.83 bits per heavy atom. The van der Waals surface area contributed by atoms with E-state index in [-0.39, 0.29) is 0 Å². The second-order valence-corrected chi connectivity index (χ2v) is 1.62. The summed E-state index contributed by atoms with van der Waals surface area (Å²) in [5.41, 5.74) is 0. The van der Waals surface area contributed by atoms with E-state index in [1.165, 1.54) is 0 Å². The minimum absolute atomic E-state index is 0.306. The van der Waals surface area contributed by atoms with Crippen molar-refractivity contribution in [1.82, 2.24) is 5.32 Å². The molecule has 2 nitrogen and oxygen atoms in total. The standard InChI is InChI=1S/C4H9NO/c6-3-4-1-2-5-4/h4-6H,1-3H2. The molecule has 36 valence electrons. The van der Waals surface area contributed by atoms with Crippen molar-refractivity contribution in [2.24, 2.45) is 0 Å². The van der Waals surface area contributed by atoms with Crippen molar-refractivity contribution in [2.45, 2.75) is 12.5 Å². The van der Waals surface area contributed by atoms with Crippen LogP contribution in [0.5, 0.6) is 0 Å². The molecule has 2 heteroatoms. The summed E-state index contributed by atoms with van der Waals surface area (Å²) in [6, 6.07) is 0.421. The van der Waals surface area contributed by atoms with Crippen LogP contribution in [0.4, 0.5) is 0 Å². The monoisotopic (exact) mass is 87.1 g/mol. The largest absolute Gasteiger partial charge is 0.395 e. The van der Waals surface area contributed by atoms with E-state index in [0.29, 0.717) is 12.6 Å². The molecule has 1 atom stereocenters. The van der Waals surface area contributed by atoms with Crippen molar-refractivity contribution in [3.63, 3.8) is 0 Å². The van der Waals surface area contributed by atoms with Crippen LogP contribution < -0.4 is 5.32 Å². The van der Waals surface area contributed by atoms with E-state index in [2.05, 4.69) is 5.32 Å². The van der Waals surface area contributed by atoms with Gasteiger partial charge in [-0.2, -0.15) is 0 Å². The summed E-state index contributed by atoms with van der Waals surface area (Å²) in [5, 5.41) is 11.4. The summed E-state index contributed by atoms with van der Waals surface area (Å²) >= 11 is 0. The van der Waals surface area contributed by atoms with E-state index in [1.807, 2.05) is 0 Å². The molecule has 1 saturated heterocycles. The van der Waals surface area contributed by atoms with Gasteiger partial charge in [-0.15, -0.1) is 0 Å². The number of hydrogen-bond acceptors (Lipinski definition) is 2. The molecule has 0 aromatic rings. The van der Waals surface area contributed by atoms with E-state index >= 15 is 0 Å². The molecule has 0 radical (unpaired) electrons. The quantitative estimate of drug-likeness (QED) is 0.445. The fraction of sp³-hybridized carbons (Fsp3) is 1.00. The lowest BCUT2D eigenvalue weighted by atomic mass is 10.1. The second-order valence-electron chi connectivity index (χ2n) is 1.62. The summed E-state index contributed by atoms with van der Waals surface area (Å²) in [5.74, 6) is 0. The van der Waals surface area contributed by atoms with E-state index in [9.17, 15) is 0 Å². The molecule has 0 spiro atoms. The zero-order valence-corrected chi connectivity index (χ0v) is 3.65. The molecule has 0 aromatic carbocycles. The van der Waals surface area contributed by atoms with Gasteiger partial charge >= 0.3 is 0 Å². The minimum atomic E-state index is 0.306. The molecule has 1 aliphatic heterocycles. The fourth-order valence-electron chi connectivity index (χ4n) is 0.504. The second kappa shape index (κ2) is 1.58. The van der Waals surface area contributed by atoms with Crippen molar-refractivity contribution >= 4 is 0 Å². The smallest absolute Gasteiger partial charge is 0.0585 e. The van der Waals surface area contributed by atoms with Crippen LogP contribution in [0.25, 0.3) is 0 Å². The molecule has 2 N–H and O–H groups in total. The summed E-state index contributed by atoms with van der Waals surface area (Å²) in [6.45, 7) is 1.39. The van der Waals surface area contributed by atoms with Crippen LogP contribution in [0, 0.1) is 0 Å². The van der Waals surface area contributed by atoms with Gasteiger partial charge in [-0.05, 0) is 13.0 Å². The average molecular weight is 87.1 g/mol. The van der Waals surface area contributed by atoms with E-state index in [0.717, 1.165) is 13.0 Å². The number of aliphatic hydroxyl groups is 1. The van der Waals surface area contributed by atoms with Gasteiger partial charge in [-0.1, -0.05) is 0 Å². The highest BCUT2D eigenvalue weighted by atomic mass is 16.3. The van der Waals surface area contributed by atoms with Gasteiger partial charge in [0.1, 0.15) is 0 Å². The molecule has 1 fully saturated rings. The SMILES string of the molecule is OCC1CCN1. The molecule has 0 aromatic heterocycles. The van der Waals surface area contributed by atoms with Crippen molar-refractivity contribution in [1.29, 1.82) is 0 Å². The van der Waals surface area contributed by atoms with E-state index in [4.69, 9.17) is 5.11 Å². The van der Waals surface area contributed by atoms with Crippen molar-refractivity contribution in [2.75, 3.05) is 13.2 Å². The molecule has 0 amide bonds. The maximum atomic E-state index is 8.32. The fourth-order valence-corrected chi connectivity index (χ4v) is 0.504. The third kappa shape index (κ3) is 0.533. The predicted octanol–water partition coefficient (Wildman–Crippen LogP) is -0.659. The Bertz CT molecular complexity index is 40.1. The first-order valence-corrected chi connectivity index (χ1v) is 2.27. The maximum absolute atomic E-state index is 8.32. The van der Waals surface area contributed by atoms with E-state index < -0.39 is 0 Å².